The third-order valence-corrected chi connectivity index (χ3v) is 8.67. The van der Waals surface area contributed by atoms with Crippen molar-refractivity contribution < 1.29 is 18.0 Å². The van der Waals surface area contributed by atoms with Gasteiger partial charge in [-0.05, 0) is 73.9 Å². The number of anilines is 1. The highest BCUT2D eigenvalue weighted by Gasteiger charge is 2.33. The number of sulfonamides is 1. The van der Waals surface area contributed by atoms with E-state index in [2.05, 4.69) is 5.32 Å². The number of rotatable bonds is 12. The molecular formula is C29H33Cl2N3O4S. The molecule has 0 aliphatic heterocycles. The minimum atomic E-state index is -4.14. The van der Waals surface area contributed by atoms with Crippen LogP contribution < -0.4 is 9.62 Å². The first-order valence-corrected chi connectivity index (χ1v) is 14.9. The molecule has 10 heteroatoms. The first-order chi connectivity index (χ1) is 18.6. The number of hydrogen-bond donors (Lipinski definition) is 1. The summed E-state index contributed by atoms with van der Waals surface area (Å²) in [5.41, 5.74) is 1.08. The highest BCUT2D eigenvalue weighted by Crippen LogP contribution is 2.26. The van der Waals surface area contributed by atoms with Gasteiger partial charge in [-0.2, -0.15) is 0 Å². The van der Waals surface area contributed by atoms with E-state index in [0.717, 1.165) is 16.3 Å². The summed E-state index contributed by atoms with van der Waals surface area (Å²) in [7, 11) is -4.14. The van der Waals surface area contributed by atoms with E-state index in [1.54, 1.807) is 54.6 Å². The number of hydrogen-bond acceptors (Lipinski definition) is 4. The molecule has 3 aromatic rings. The molecule has 0 unspecified atom stereocenters. The number of nitrogens with one attached hydrogen (secondary N) is 1. The lowest BCUT2D eigenvalue weighted by molar-refractivity contribution is -0.140. The van der Waals surface area contributed by atoms with E-state index >= 15 is 0 Å². The smallest absolute Gasteiger partial charge is 0.264 e. The number of carbonyl (C=O) groups is 2. The van der Waals surface area contributed by atoms with E-state index in [0.29, 0.717) is 22.2 Å². The Morgan fingerprint density at radius 2 is 1.41 bits per heavy atom. The summed E-state index contributed by atoms with van der Waals surface area (Å²) in [6.45, 7) is 5.28. The molecule has 2 atom stereocenters. The number of amides is 2. The summed E-state index contributed by atoms with van der Waals surface area (Å²) in [4.78, 5) is 28.7. The molecule has 0 bridgehead atoms. The van der Waals surface area contributed by atoms with Crippen LogP contribution in [0.4, 0.5) is 5.69 Å². The molecule has 0 aliphatic rings. The van der Waals surface area contributed by atoms with E-state index in [1.165, 1.54) is 29.2 Å². The third kappa shape index (κ3) is 7.97. The van der Waals surface area contributed by atoms with Crippen molar-refractivity contribution in [2.45, 2.75) is 57.1 Å². The summed E-state index contributed by atoms with van der Waals surface area (Å²) in [6, 6.07) is 20.3. The van der Waals surface area contributed by atoms with Crippen molar-refractivity contribution in [1.82, 2.24) is 10.2 Å². The molecule has 0 saturated heterocycles. The van der Waals surface area contributed by atoms with E-state index in [4.69, 9.17) is 23.2 Å². The fraction of sp³-hybridized carbons (Fsp3) is 0.310. The van der Waals surface area contributed by atoms with Gasteiger partial charge in [0.1, 0.15) is 12.6 Å². The lowest BCUT2D eigenvalue weighted by Crippen LogP contribution is -2.53. The van der Waals surface area contributed by atoms with Crippen molar-refractivity contribution in [2.24, 2.45) is 0 Å². The van der Waals surface area contributed by atoms with Crippen molar-refractivity contribution in [2.75, 3.05) is 10.8 Å². The first kappa shape index (κ1) is 30.5. The Labute approximate surface area is 240 Å². The van der Waals surface area contributed by atoms with Crippen molar-refractivity contribution in [3.05, 3.63) is 94.5 Å². The molecule has 39 heavy (non-hydrogen) atoms. The zero-order valence-corrected chi connectivity index (χ0v) is 24.5. The third-order valence-electron chi connectivity index (χ3n) is 6.38. The van der Waals surface area contributed by atoms with Crippen molar-refractivity contribution >= 4 is 50.7 Å². The Morgan fingerprint density at radius 1 is 0.846 bits per heavy atom. The molecule has 0 radical (unpaired) electrons. The lowest BCUT2D eigenvalue weighted by Gasteiger charge is -2.33. The Balaban J connectivity index is 2.02. The molecule has 0 aliphatic carbocycles. The zero-order valence-electron chi connectivity index (χ0n) is 22.2. The van der Waals surface area contributed by atoms with Crippen LogP contribution in [0.1, 0.15) is 39.2 Å². The average Bonchev–Trinajstić information content (AvgIpc) is 2.93. The summed E-state index contributed by atoms with van der Waals surface area (Å²) in [6.07, 6.45) is 1.07. The van der Waals surface area contributed by atoms with Crippen LogP contribution in [0.2, 0.25) is 10.0 Å². The molecule has 3 rings (SSSR count). The highest BCUT2D eigenvalue weighted by atomic mass is 35.5. The van der Waals surface area contributed by atoms with Gasteiger partial charge in [0.2, 0.25) is 11.8 Å². The lowest BCUT2D eigenvalue weighted by atomic mass is 10.1. The Hall–Kier alpha value is -3.07. The van der Waals surface area contributed by atoms with Crippen molar-refractivity contribution in [3.8, 4) is 0 Å². The molecule has 0 fully saturated rings. The van der Waals surface area contributed by atoms with E-state index < -0.39 is 28.5 Å². The summed E-state index contributed by atoms with van der Waals surface area (Å²) < 4.78 is 28.6. The van der Waals surface area contributed by atoms with Crippen LogP contribution in [0, 0.1) is 0 Å². The maximum Gasteiger partial charge on any atom is 0.264 e. The molecule has 0 spiro atoms. The summed E-state index contributed by atoms with van der Waals surface area (Å²) in [5.74, 6) is -0.807. The van der Waals surface area contributed by atoms with Gasteiger partial charge in [-0.3, -0.25) is 13.9 Å². The van der Waals surface area contributed by atoms with Crippen LogP contribution in [0.15, 0.2) is 83.8 Å². The number of para-hydroxylation sites is 1. The Bertz CT molecular complexity index is 1350. The summed E-state index contributed by atoms with van der Waals surface area (Å²) >= 11 is 12.0. The van der Waals surface area contributed by atoms with Crippen LogP contribution in [0.3, 0.4) is 0 Å². The van der Waals surface area contributed by atoms with Gasteiger partial charge in [0.05, 0.1) is 10.6 Å². The summed E-state index contributed by atoms with van der Waals surface area (Å²) in [5, 5.41) is 3.90. The van der Waals surface area contributed by atoms with Crippen LogP contribution >= 0.6 is 23.2 Å². The fourth-order valence-electron chi connectivity index (χ4n) is 4.00. The Morgan fingerprint density at radius 3 is 1.95 bits per heavy atom. The molecule has 2 amide bonds. The molecule has 0 aromatic heterocycles. The van der Waals surface area contributed by atoms with Crippen LogP contribution in [0.25, 0.3) is 0 Å². The van der Waals surface area contributed by atoms with Crippen molar-refractivity contribution in [3.63, 3.8) is 0 Å². The molecule has 0 saturated carbocycles. The van der Waals surface area contributed by atoms with Gasteiger partial charge in [0.25, 0.3) is 10.0 Å². The Kier molecular flexibility index (Phi) is 10.8. The highest BCUT2D eigenvalue weighted by molar-refractivity contribution is 7.92. The quantitative estimate of drug-likeness (QED) is 0.284. The van der Waals surface area contributed by atoms with Gasteiger partial charge >= 0.3 is 0 Å². The van der Waals surface area contributed by atoms with Gasteiger partial charge < -0.3 is 10.2 Å². The largest absolute Gasteiger partial charge is 0.352 e. The SMILES string of the molecule is CC[C@@H](C)NC(=O)[C@H](CC)N(Cc1ccc(Cl)cc1)C(=O)CN(c1ccccc1)S(=O)(=O)c1ccc(Cl)cc1. The van der Waals surface area contributed by atoms with Crippen LogP contribution in [-0.4, -0.2) is 43.8 Å². The van der Waals surface area contributed by atoms with Gasteiger partial charge in [-0.15, -0.1) is 0 Å². The second kappa shape index (κ2) is 13.8. The van der Waals surface area contributed by atoms with E-state index in [-0.39, 0.29) is 23.4 Å². The molecule has 1 N–H and O–H groups in total. The van der Waals surface area contributed by atoms with Gasteiger partial charge in [0.15, 0.2) is 0 Å². The minimum Gasteiger partial charge on any atom is -0.352 e. The van der Waals surface area contributed by atoms with E-state index in [9.17, 15) is 18.0 Å². The van der Waals surface area contributed by atoms with Gasteiger partial charge in [0, 0.05) is 22.6 Å². The van der Waals surface area contributed by atoms with Crippen LogP contribution in [-0.2, 0) is 26.2 Å². The molecule has 3 aromatic carbocycles. The van der Waals surface area contributed by atoms with Crippen molar-refractivity contribution in [1.29, 1.82) is 0 Å². The number of benzene rings is 3. The zero-order chi connectivity index (χ0) is 28.6. The monoisotopic (exact) mass is 589 g/mol. The maximum absolute atomic E-state index is 14.0. The first-order valence-electron chi connectivity index (χ1n) is 12.7. The molecular weight excluding hydrogens is 557 g/mol. The topological polar surface area (TPSA) is 86.8 Å². The molecule has 0 heterocycles. The average molecular weight is 591 g/mol. The number of nitrogens with zero attached hydrogens (tertiary/aromatic N) is 2. The van der Waals surface area contributed by atoms with Gasteiger partial charge in [-0.25, -0.2) is 8.42 Å². The predicted octanol–water partition coefficient (Wildman–Crippen LogP) is 5.91. The standard InChI is InChI=1S/C29H33Cl2N3O4S/c1-4-21(3)32-29(36)27(5-2)33(19-22-11-13-23(30)14-12-22)28(35)20-34(25-9-7-6-8-10-25)39(37,38)26-17-15-24(31)16-18-26/h6-18,21,27H,4-5,19-20H2,1-3H3,(H,32,36)/t21-,27+/m1/s1. The fourth-order valence-corrected chi connectivity index (χ4v) is 5.67. The number of halogens is 2. The molecule has 7 nitrogen and oxygen atoms in total. The minimum absolute atomic E-state index is 0.00522. The second-order valence-electron chi connectivity index (χ2n) is 9.19. The maximum atomic E-state index is 14.0. The number of carbonyl (C=O) groups excluding carboxylic acids is 2. The normalized spacial score (nSPS) is 12.8. The molecule has 208 valence electrons. The second-order valence-corrected chi connectivity index (χ2v) is 11.9. The predicted molar refractivity (Wildman–Crippen MR) is 156 cm³/mol. The van der Waals surface area contributed by atoms with E-state index in [1.807, 2.05) is 20.8 Å². The van der Waals surface area contributed by atoms with Crippen LogP contribution in [0.5, 0.6) is 0 Å². The van der Waals surface area contributed by atoms with Gasteiger partial charge in [-0.1, -0.05) is 67.4 Å².